The molecule has 0 radical (unpaired) electrons. The van der Waals surface area contributed by atoms with E-state index in [2.05, 4.69) is 27.9 Å². The third-order valence-electron chi connectivity index (χ3n) is 2.67. The molecule has 1 unspecified atom stereocenters. The molecule has 94 valence electrons. The Labute approximate surface area is 124 Å². The SMILES string of the molecule is CC(Nc1ccc(I)cc1)c1ccc(F)c(Cl)c1. The van der Waals surface area contributed by atoms with E-state index in [9.17, 15) is 4.39 Å². The van der Waals surface area contributed by atoms with Crippen LogP contribution in [-0.4, -0.2) is 0 Å². The lowest BCUT2D eigenvalue weighted by molar-refractivity contribution is 0.627. The molecule has 0 fully saturated rings. The summed E-state index contributed by atoms with van der Waals surface area (Å²) in [5, 5.41) is 3.50. The van der Waals surface area contributed by atoms with Crippen LogP contribution in [0.5, 0.6) is 0 Å². The highest BCUT2D eigenvalue weighted by Crippen LogP contribution is 2.24. The first kappa shape index (κ1) is 13.6. The fourth-order valence-corrected chi connectivity index (χ4v) is 2.21. The number of rotatable bonds is 3. The van der Waals surface area contributed by atoms with Crippen LogP contribution in [0.4, 0.5) is 10.1 Å². The Kier molecular flexibility index (Phi) is 4.45. The van der Waals surface area contributed by atoms with Crippen LogP contribution in [0.3, 0.4) is 0 Å². The second kappa shape index (κ2) is 5.89. The minimum atomic E-state index is -0.387. The van der Waals surface area contributed by atoms with Gasteiger partial charge in [-0.1, -0.05) is 17.7 Å². The van der Waals surface area contributed by atoms with Gasteiger partial charge in [0.2, 0.25) is 0 Å². The molecule has 0 aliphatic rings. The Morgan fingerprint density at radius 1 is 1.17 bits per heavy atom. The summed E-state index contributed by atoms with van der Waals surface area (Å²) in [7, 11) is 0. The van der Waals surface area contributed by atoms with Gasteiger partial charge < -0.3 is 5.32 Å². The molecule has 0 heterocycles. The Balaban J connectivity index is 2.13. The van der Waals surface area contributed by atoms with Gasteiger partial charge in [-0.2, -0.15) is 0 Å². The molecule has 0 aromatic heterocycles. The number of hydrogen-bond acceptors (Lipinski definition) is 1. The molecule has 0 saturated heterocycles. The topological polar surface area (TPSA) is 12.0 Å². The largest absolute Gasteiger partial charge is 0.379 e. The van der Waals surface area contributed by atoms with E-state index in [1.54, 1.807) is 12.1 Å². The first-order valence-electron chi connectivity index (χ1n) is 5.53. The van der Waals surface area contributed by atoms with Gasteiger partial charge >= 0.3 is 0 Å². The molecular formula is C14H12ClFIN. The second-order valence-corrected chi connectivity index (χ2v) is 5.70. The van der Waals surface area contributed by atoms with Crippen molar-refractivity contribution in [3.8, 4) is 0 Å². The third-order valence-corrected chi connectivity index (χ3v) is 3.68. The predicted molar refractivity (Wildman–Crippen MR) is 82.6 cm³/mol. The summed E-state index contributed by atoms with van der Waals surface area (Å²) in [4.78, 5) is 0. The molecule has 0 saturated carbocycles. The van der Waals surface area contributed by atoms with Crippen molar-refractivity contribution in [1.82, 2.24) is 0 Å². The molecule has 2 aromatic carbocycles. The summed E-state index contributed by atoms with van der Waals surface area (Å²) in [6.07, 6.45) is 0. The van der Waals surface area contributed by atoms with E-state index in [4.69, 9.17) is 11.6 Å². The average Bonchev–Trinajstić information content (AvgIpc) is 2.35. The second-order valence-electron chi connectivity index (χ2n) is 4.05. The summed E-state index contributed by atoms with van der Waals surface area (Å²) in [6, 6.07) is 13.0. The summed E-state index contributed by atoms with van der Waals surface area (Å²) in [5.74, 6) is -0.387. The highest BCUT2D eigenvalue weighted by molar-refractivity contribution is 14.1. The number of halogens is 3. The Bertz CT molecular complexity index is 542. The zero-order valence-electron chi connectivity index (χ0n) is 9.75. The first-order valence-corrected chi connectivity index (χ1v) is 6.99. The van der Waals surface area contributed by atoms with E-state index >= 15 is 0 Å². The van der Waals surface area contributed by atoms with E-state index in [-0.39, 0.29) is 16.9 Å². The summed E-state index contributed by atoms with van der Waals surface area (Å²) in [6.45, 7) is 2.02. The van der Waals surface area contributed by atoms with Crippen molar-refractivity contribution in [2.75, 3.05) is 5.32 Å². The van der Waals surface area contributed by atoms with Crippen molar-refractivity contribution in [2.24, 2.45) is 0 Å². The standard InChI is InChI=1S/C14H12ClFIN/c1-9(10-2-7-14(16)13(15)8-10)18-12-5-3-11(17)4-6-12/h2-9,18H,1H3. The maximum Gasteiger partial charge on any atom is 0.141 e. The zero-order valence-corrected chi connectivity index (χ0v) is 12.7. The quantitative estimate of drug-likeness (QED) is 0.722. The van der Waals surface area contributed by atoms with Crippen LogP contribution < -0.4 is 5.32 Å². The van der Waals surface area contributed by atoms with Crippen molar-refractivity contribution in [3.63, 3.8) is 0 Å². The molecule has 0 aliphatic carbocycles. The highest BCUT2D eigenvalue weighted by atomic mass is 127. The minimum absolute atomic E-state index is 0.0724. The minimum Gasteiger partial charge on any atom is -0.379 e. The van der Waals surface area contributed by atoms with Gasteiger partial charge in [0.25, 0.3) is 0 Å². The van der Waals surface area contributed by atoms with Gasteiger partial charge in [-0.15, -0.1) is 0 Å². The average molecular weight is 376 g/mol. The maximum absolute atomic E-state index is 13.1. The van der Waals surface area contributed by atoms with Gasteiger partial charge in [-0.05, 0) is 71.5 Å². The van der Waals surface area contributed by atoms with Crippen LogP contribution in [0, 0.1) is 9.39 Å². The molecule has 0 spiro atoms. The number of anilines is 1. The van der Waals surface area contributed by atoms with Gasteiger partial charge in [-0.25, -0.2) is 4.39 Å². The molecule has 1 nitrogen and oxygen atoms in total. The van der Waals surface area contributed by atoms with E-state index in [1.165, 1.54) is 9.64 Å². The van der Waals surface area contributed by atoms with Gasteiger partial charge in [-0.3, -0.25) is 0 Å². The Morgan fingerprint density at radius 2 is 1.83 bits per heavy atom. The van der Waals surface area contributed by atoms with Crippen LogP contribution in [0.15, 0.2) is 42.5 Å². The summed E-state index contributed by atoms with van der Waals surface area (Å²) >= 11 is 8.04. The van der Waals surface area contributed by atoms with Crippen LogP contribution in [-0.2, 0) is 0 Å². The van der Waals surface area contributed by atoms with Gasteiger partial charge in [0.15, 0.2) is 0 Å². The smallest absolute Gasteiger partial charge is 0.141 e. The number of benzene rings is 2. The number of nitrogens with one attached hydrogen (secondary N) is 1. The van der Waals surface area contributed by atoms with E-state index in [0.717, 1.165) is 11.3 Å². The molecule has 18 heavy (non-hydrogen) atoms. The van der Waals surface area contributed by atoms with Crippen molar-refractivity contribution < 1.29 is 4.39 Å². The van der Waals surface area contributed by atoms with E-state index < -0.39 is 0 Å². The fraction of sp³-hybridized carbons (Fsp3) is 0.143. The molecule has 0 amide bonds. The lowest BCUT2D eigenvalue weighted by atomic mass is 10.1. The molecule has 0 bridgehead atoms. The maximum atomic E-state index is 13.1. The van der Waals surface area contributed by atoms with Gasteiger partial charge in [0.1, 0.15) is 5.82 Å². The van der Waals surface area contributed by atoms with Crippen LogP contribution in [0.25, 0.3) is 0 Å². The van der Waals surface area contributed by atoms with Crippen molar-refractivity contribution in [3.05, 3.63) is 62.4 Å². The number of hydrogen-bond donors (Lipinski definition) is 1. The van der Waals surface area contributed by atoms with E-state index in [1.807, 2.05) is 31.2 Å². The Hall–Kier alpha value is -0.810. The summed E-state index contributed by atoms with van der Waals surface area (Å²) < 4.78 is 14.3. The van der Waals surface area contributed by atoms with Crippen molar-refractivity contribution in [1.29, 1.82) is 0 Å². The molecule has 1 N–H and O–H groups in total. The lowest BCUT2D eigenvalue weighted by Crippen LogP contribution is -2.06. The van der Waals surface area contributed by atoms with Crippen LogP contribution in [0.2, 0.25) is 5.02 Å². The predicted octanol–water partition coefficient (Wildman–Crippen LogP) is 5.26. The molecule has 1 atom stereocenters. The van der Waals surface area contributed by atoms with Crippen molar-refractivity contribution in [2.45, 2.75) is 13.0 Å². The Morgan fingerprint density at radius 3 is 2.44 bits per heavy atom. The monoisotopic (exact) mass is 375 g/mol. The van der Waals surface area contributed by atoms with Gasteiger partial charge in [0.05, 0.1) is 5.02 Å². The van der Waals surface area contributed by atoms with Crippen LogP contribution in [0.1, 0.15) is 18.5 Å². The molecule has 0 aliphatic heterocycles. The van der Waals surface area contributed by atoms with Crippen molar-refractivity contribution >= 4 is 39.9 Å². The normalized spacial score (nSPS) is 12.2. The molecule has 2 rings (SSSR count). The van der Waals surface area contributed by atoms with Gasteiger partial charge in [0, 0.05) is 15.3 Å². The summed E-state index contributed by atoms with van der Waals surface area (Å²) in [5.41, 5.74) is 1.99. The fourth-order valence-electron chi connectivity index (χ4n) is 1.66. The highest BCUT2D eigenvalue weighted by Gasteiger charge is 2.08. The lowest BCUT2D eigenvalue weighted by Gasteiger charge is -2.16. The first-order chi connectivity index (χ1) is 8.56. The van der Waals surface area contributed by atoms with E-state index in [0.29, 0.717) is 0 Å². The molecule has 4 heteroatoms. The van der Waals surface area contributed by atoms with Crippen LogP contribution >= 0.6 is 34.2 Å². The zero-order chi connectivity index (χ0) is 13.1. The third kappa shape index (κ3) is 3.36. The molecular weight excluding hydrogens is 364 g/mol. The molecule has 2 aromatic rings.